The monoisotopic (exact) mass is 312 g/mol. The fourth-order valence-electron chi connectivity index (χ4n) is 2.25. The Balaban J connectivity index is 1.75. The van der Waals surface area contributed by atoms with Crippen LogP contribution in [0.3, 0.4) is 0 Å². The summed E-state index contributed by atoms with van der Waals surface area (Å²) in [6.45, 7) is 1.16. The molecule has 0 aromatic heterocycles. The molecule has 1 aliphatic heterocycles. The van der Waals surface area contributed by atoms with Crippen molar-refractivity contribution in [3.05, 3.63) is 29.8 Å². The molecule has 0 saturated carbocycles. The molecule has 116 valence electrons. The smallest absolute Gasteiger partial charge is 0.238 e. The Kier molecular flexibility index (Phi) is 5.33. The predicted octanol–water partition coefficient (Wildman–Crippen LogP) is 0.909. The third kappa shape index (κ3) is 5.11. The molecule has 0 spiro atoms. The molecule has 0 bridgehead atoms. The largest absolute Gasteiger partial charge is 0.378 e. The number of nitrogens with two attached hydrogens (primary N) is 1. The van der Waals surface area contributed by atoms with Crippen molar-refractivity contribution in [2.75, 3.05) is 6.61 Å². The van der Waals surface area contributed by atoms with Crippen molar-refractivity contribution in [2.45, 2.75) is 43.2 Å². The number of amides is 1. The molecule has 21 heavy (non-hydrogen) atoms. The maximum Gasteiger partial charge on any atom is 0.238 e. The van der Waals surface area contributed by atoms with Gasteiger partial charge in [0.05, 0.1) is 11.0 Å². The number of carbonyl (C=O) groups is 1. The zero-order valence-corrected chi connectivity index (χ0v) is 12.6. The molecular formula is C14H20N2O4S. The molecule has 0 radical (unpaired) electrons. The van der Waals surface area contributed by atoms with Crippen LogP contribution in [0.2, 0.25) is 0 Å². The van der Waals surface area contributed by atoms with E-state index < -0.39 is 10.0 Å². The number of primary sulfonamides is 1. The van der Waals surface area contributed by atoms with Gasteiger partial charge in [-0.3, -0.25) is 4.79 Å². The van der Waals surface area contributed by atoms with Gasteiger partial charge in [0, 0.05) is 19.6 Å². The molecule has 6 nitrogen and oxygen atoms in total. The number of hydrogen-bond acceptors (Lipinski definition) is 4. The lowest BCUT2D eigenvalue weighted by atomic mass is 10.1. The van der Waals surface area contributed by atoms with Crippen LogP contribution < -0.4 is 10.5 Å². The fourth-order valence-corrected chi connectivity index (χ4v) is 2.77. The van der Waals surface area contributed by atoms with Crippen LogP contribution in [0, 0.1) is 0 Å². The van der Waals surface area contributed by atoms with Gasteiger partial charge in [0.25, 0.3) is 0 Å². The second kappa shape index (κ2) is 7.02. The van der Waals surface area contributed by atoms with Crippen molar-refractivity contribution < 1.29 is 17.9 Å². The summed E-state index contributed by atoms with van der Waals surface area (Å²) >= 11 is 0. The van der Waals surface area contributed by atoms with E-state index in [1.54, 1.807) is 12.1 Å². The lowest BCUT2D eigenvalue weighted by Gasteiger charge is -2.09. The zero-order chi connectivity index (χ0) is 15.3. The summed E-state index contributed by atoms with van der Waals surface area (Å²) in [4.78, 5) is 11.8. The van der Waals surface area contributed by atoms with E-state index in [2.05, 4.69) is 5.32 Å². The molecule has 0 unspecified atom stereocenters. The number of ether oxygens (including phenoxy) is 1. The van der Waals surface area contributed by atoms with Crippen molar-refractivity contribution in [1.82, 2.24) is 5.32 Å². The minimum Gasteiger partial charge on any atom is -0.378 e. The minimum atomic E-state index is -3.67. The van der Waals surface area contributed by atoms with Gasteiger partial charge >= 0.3 is 0 Å². The van der Waals surface area contributed by atoms with Crippen LogP contribution in [0.1, 0.15) is 31.2 Å². The van der Waals surface area contributed by atoms with E-state index in [9.17, 15) is 13.2 Å². The van der Waals surface area contributed by atoms with E-state index >= 15 is 0 Å². The molecule has 0 aliphatic carbocycles. The van der Waals surface area contributed by atoms with Crippen LogP contribution in [0.4, 0.5) is 0 Å². The summed E-state index contributed by atoms with van der Waals surface area (Å²) in [7, 11) is -3.67. The van der Waals surface area contributed by atoms with E-state index in [1.807, 2.05) is 0 Å². The number of carbonyl (C=O) groups excluding carboxylic acids is 1. The first kappa shape index (κ1) is 15.9. The summed E-state index contributed by atoms with van der Waals surface area (Å²) in [6.07, 6.45) is 3.51. The predicted molar refractivity (Wildman–Crippen MR) is 77.9 cm³/mol. The average Bonchev–Trinajstić information content (AvgIpc) is 2.95. The standard InChI is InChI=1S/C14H20N2O4S/c15-21(18,19)13-6-3-11(4-7-13)10-16-14(17)8-5-12-2-1-9-20-12/h3-4,6-7,12H,1-2,5,8-10H2,(H,16,17)(H2,15,18,19)/t12-/m0/s1. The molecule has 1 aromatic rings. The van der Waals surface area contributed by atoms with E-state index in [-0.39, 0.29) is 16.9 Å². The first-order valence-electron chi connectivity index (χ1n) is 6.95. The van der Waals surface area contributed by atoms with Crippen LogP contribution in [0.5, 0.6) is 0 Å². The zero-order valence-electron chi connectivity index (χ0n) is 11.7. The molecule has 1 amide bonds. The second-order valence-electron chi connectivity index (χ2n) is 5.14. The number of rotatable bonds is 6. The molecule has 1 fully saturated rings. The van der Waals surface area contributed by atoms with Gasteiger partial charge in [-0.1, -0.05) is 12.1 Å². The number of sulfonamides is 1. The lowest BCUT2D eigenvalue weighted by Crippen LogP contribution is -2.24. The Morgan fingerprint density at radius 1 is 1.33 bits per heavy atom. The van der Waals surface area contributed by atoms with Crippen molar-refractivity contribution >= 4 is 15.9 Å². The van der Waals surface area contributed by atoms with Crippen molar-refractivity contribution in [3.63, 3.8) is 0 Å². The lowest BCUT2D eigenvalue weighted by molar-refractivity contribution is -0.121. The molecule has 7 heteroatoms. The Hall–Kier alpha value is -1.44. The van der Waals surface area contributed by atoms with Gasteiger partial charge in [-0.25, -0.2) is 13.6 Å². The molecule has 3 N–H and O–H groups in total. The Morgan fingerprint density at radius 3 is 2.62 bits per heavy atom. The highest BCUT2D eigenvalue weighted by molar-refractivity contribution is 7.89. The first-order chi connectivity index (χ1) is 9.95. The van der Waals surface area contributed by atoms with Crippen LogP contribution in [-0.2, 0) is 26.1 Å². The summed E-state index contributed by atoms with van der Waals surface area (Å²) in [6, 6.07) is 6.15. The van der Waals surface area contributed by atoms with Crippen LogP contribution in [0.15, 0.2) is 29.2 Å². The van der Waals surface area contributed by atoms with Gasteiger partial charge in [0.15, 0.2) is 0 Å². The maximum absolute atomic E-state index is 11.7. The Bertz CT molecular complexity index is 577. The normalized spacial score (nSPS) is 18.6. The SMILES string of the molecule is NS(=O)(=O)c1ccc(CNC(=O)CC[C@@H]2CCCO2)cc1. The topological polar surface area (TPSA) is 98.5 Å². The average molecular weight is 312 g/mol. The van der Waals surface area contributed by atoms with Gasteiger partial charge in [0.1, 0.15) is 0 Å². The van der Waals surface area contributed by atoms with Gasteiger partial charge in [-0.2, -0.15) is 0 Å². The number of nitrogens with one attached hydrogen (secondary N) is 1. The summed E-state index contributed by atoms with van der Waals surface area (Å²) in [5, 5.41) is 7.82. The van der Waals surface area contributed by atoms with E-state index in [1.165, 1.54) is 12.1 Å². The second-order valence-corrected chi connectivity index (χ2v) is 6.70. The summed E-state index contributed by atoms with van der Waals surface area (Å²) in [5.41, 5.74) is 0.827. The summed E-state index contributed by atoms with van der Waals surface area (Å²) < 4.78 is 27.7. The van der Waals surface area contributed by atoms with Crippen molar-refractivity contribution in [1.29, 1.82) is 0 Å². The highest BCUT2D eigenvalue weighted by Gasteiger charge is 2.16. The molecule has 1 atom stereocenters. The van der Waals surface area contributed by atoms with Crippen LogP contribution >= 0.6 is 0 Å². The van der Waals surface area contributed by atoms with E-state index in [0.29, 0.717) is 13.0 Å². The Labute approximate surface area is 124 Å². The fraction of sp³-hybridized carbons (Fsp3) is 0.500. The molecule has 1 saturated heterocycles. The molecule has 2 rings (SSSR count). The van der Waals surface area contributed by atoms with E-state index in [0.717, 1.165) is 31.4 Å². The maximum atomic E-state index is 11.7. The molecular weight excluding hydrogens is 292 g/mol. The Morgan fingerprint density at radius 2 is 2.05 bits per heavy atom. The van der Waals surface area contributed by atoms with Gasteiger partial charge in [0.2, 0.25) is 15.9 Å². The van der Waals surface area contributed by atoms with Gasteiger partial charge in [-0.05, 0) is 37.0 Å². The highest BCUT2D eigenvalue weighted by atomic mass is 32.2. The highest BCUT2D eigenvalue weighted by Crippen LogP contribution is 2.16. The molecule has 1 heterocycles. The van der Waals surface area contributed by atoms with E-state index in [4.69, 9.17) is 9.88 Å². The number of benzene rings is 1. The van der Waals surface area contributed by atoms with Crippen LogP contribution in [0.25, 0.3) is 0 Å². The number of hydrogen-bond donors (Lipinski definition) is 2. The quantitative estimate of drug-likeness (QED) is 0.815. The minimum absolute atomic E-state index is 0.0268. The summed E-state index contributed by atoms with van der Waals surface area (Å²) in [5.74, 6) is -0.0268. The third-order valence-corrected chi connectivity index (χ3v) is 4.39. The van der Waals surface area contributed by atoms with Crippen molar-refractivity contribution in [2.24, 2.45) is 5.14 Å². The van der Waals surface area contributed by atoms with Gasteiger partial charge < -0.3 is 10.1 Å². The van der Waals surface area contributed by atoms with Gasteiger partial charge in [-0.15, -0.1) is 0 Å². The third-order valence-electron chi connectivity index (χ3n) is 3.46. The van der Waals surface area contributed by atoms with Crippen molar-refractivity contribution in [3.8, 4) is 0 Å². The van der Waals surface area contributed by atoms with Crippen LogP contribution in [-0.4, -0.2) is 27.0 Å². The molecule has 1 aromatic carbocycles. The molecule has 1 aliphatic rings. The first-order valence-corrected chi connectivity index (χ1v) is 8.50.